The Balaban J connectivity index is 1.62. The Bertz CT molecular complexity index is 1180. The quantitative estimate of drug-likeness (QED) is 0.487. The minimum Gasteiger partial charge on any atom is -0.386 e. The van der Waals surface area contributed by atoms with E-state index in [1.165, 1.54) is 0 Å². The van der Waals surface area contributed by atoms with Crippen LogP contribution in [-0.2, 0) is 12.1 Å². The zero-order valence-corrected chi connectivity index (χ0v) is 17.7. The van der Waals surface area contributed by atoms with Gasteiger partial charge in [-0.2, -0.15) is 0 Å². The third kappa shape index (κ3) is 3.39. The summed E-state index contributed by atoms with van der Waals surface area (Å²) in [6, 6.07) is 10.6. The lowest BCUT2D eigenvalue weighted by molar-refractivity contribution is 0.0786. The van der Waals surface area contributed by atoms with E-state index in [9.17, 15) is 5.11 Å². The van der Waals surface area contributed by atoms with Gasteiger partial charge in [0.1, 0.15) is 5.82 Å². The van der Waals surface area contributed by atoms with Gasteiger partial charge in [-0.05, 0) is 32.4 Å². The Labute approximate surface area is 175 Å². The van der Waals surface area contributed by atoms with Crippen molar-refractivity contribution in [2.24, 2.45) is 0 Å². The Hall–Kier alpha value is -2.74. The minimum absolute atomic E-state index is 0.479. The molecule has 4 heterocycles. The summed E-state index contributed by atoms with van der Waals surface area (Å²) in [7, 11) is 0. The number of piperazine rings is 1. The topological polar surface area (TPSA) is 81.5 Å². The highest BCUT2D eigenvalue weighted by molar-refractivity contribution is 5.84. The van der Waals surface area contributed by atoms with Crippen LogP contribution in [0.1, 0.15) is 32.2 Å². The van der Waals surface area contributed by atoms with Crippen LogP contribution in [0.2, 0.25) is 0 Å². The fourth-order valence-corrected chi connectivity index (χ4v) is 4.34. The molecular weight excluding hydrogens is 376 g/mol. The second-order valence-electron chi connectivity index (χ2n) is 8.79. The van der Waals surface area contributed by atoms with Crippen molar-refractivity contribution in [3.05, 3.63) is 54.1 Å². The fourth-order valence-electron chi connectivity index (χ4n) is 4.34. The monoisotopic (exact) mass is 404 g/mol. The summed E-state index contributed by atoms with van der Waals surface area (Å²) in [5.74, 6) is 1.02. The van der Waals surface area contributed by atoms with Crippen LogP contribution in [-0.4, -0.2) is 55.0 Å². The van der Waals surface area contributed by atoms with Crippen LogP contribution in [0.25, 0.3) is 27.9 Å². The summed E-state index contributed by atoms with van der Waals surface area (Å²) in [5.41, 5.74) is 4.87. The van der Waals surface area contributed by atoms with Gasteiger partial charge in [-0.1, -0.05) is 24.3 Å². The number of fused-ring (bicyclic) bond motifs is 3. The highest BCUT2D eigenvalue weighted by Crippen LogP contribution is 2.30. The molecule has 30 heavy (non-hydrogen) atoms. The summed E-state index contributed by atoms with van der Waals surface area (Å²) in [5, 5.41) is 13.8. The van der Waals surface area contributed by atoms with Crippen LogP contribution >= 0.6 is 0 Å². The molecule has 7 heteroatoms. The average Bonchev–Trinajstić information content (AvgIpc) is 3.32. The second kappa shape index (κ2) is 7.19. The average molecular weight is 405 g/mol. The van der Waals surface area contributed by atoms with Crippen molar-refractivity contribution in [1.29, 1.82) is 0 Å². The molecule has 0 spiro atoms. The van der Waals surface area contributed by atoms with Gasteiger partial charge in [-0.25, -0.2) is 9.97 Å². The lowest BCUT2D eigenvalue weighted by Gasteiger charge is -2.31. The third-order valence-corrected chi connectivity index (χ3v) is 5.93. The van der Waals surface area contributed by atoms with E-state index in [2.05, 4.69) is 37.6 Å². The van der Waals surface area contributed by atoms with Gasteiger partial charge in [0, 0.05) is 37.4 Å². The number of hydrogen-bond donors (Lipinski definition) is 3. The summed E-state index contributed by atoms with van der Waals surface area (Å²) in [4.78, 5) is 15.4. The number of nitrogens with one attached hydrogen (secondary N) is 2. The van der Waals surface area contributed by atoms with Crippen molar-refractivity contribution in [2.75, 3.05) is 19.6 Å². The molecule has 1 fully saturated rings. The molecule has 0 aliphatic carbocycles. The van der Waals surface area contributed by atoms with Crippen molar-refractivity contribution in [3.8, 4) is 11.3 Å². The zero-order valence-electron chi connectivity index (χ0n) is 17.7. The molecule has 3 aromatic heterocycles. The molecule has 0 bridgehead atoms. The maximum atomic E-state index is 10.3. The Morgan fingerprint density at radius 2 is 1.97 bits per heavy atom. The first-order chi connectivity index (χ1) is 14.4. The smallest absolute Gasteiger partial charge is 0.154 e. The molecule has 4 aromatic rings. The first-order valence-electron chi connectivity index (χ1n) is 10.5. The molecule has 1 unspecified atom stereocenters. The number of hydrogen-bond acceptors (Lipinski definition) is 5. The fraction of sp³-hybridized carbons (Fsp3) is 0.391. The van der Waals surface area contributed by atoms with Crippen LogP contribution in [0.3, 0.4) is 0 Å². The van der Waals surface area contributed by atoms with E-state index in [-0.39, 0.29) is 0 Å². The molecular formula is C23H28N6O. The normalized spacial score (nSPS) is 18.5. The SMILES string of the molecule is CC1CN(Cc2nc(-c3ccc(C(C)(C)O)cc3)c3cnc4[nH]ccc4n23)CCN1. The van der Waals surface area contributed by atoms with Crippen molar-refractivity contribution < 1.29 is 5.11 Å². The van der Waals surface area contributed by atoms with Gasteiger partial charge in [0.2, 0.25) is 0 Å². The largest absolute Gasteiger partial charge is 0.386 e. The summed E-state index contributed by atoms with van der Waals surface area (Å²) >= 11 is 0. The highest BCUT2D eigenvalue weighted by atomic mass is 16.3. The van der Waals surface area contributed by atoms with Crippen LogP contribution < -0.4 is 5.32 Å². The molecule has 1 aromatic carbocycles. The van der Waals surface area contributed by atoms with Crippen LogP contribution in [0, 0.1) is 0 Å². The van der Waals surface area contributed by atoms with E-state index in [0.717, 1.165) is 65.5 Å². The Morgan fingerprint density at radius 1 is 1.17 bits per heavy atom. The molecule has 1 aliphatic heterocycles. The van der Waals surface area contributed by atoms with Gasteiger partial charge in [-0.15, -0.1) is 0 Å². The van der Waals surface area contributed by atoms with Crippen molar-refractivity contribution >= 4 is 16.7 Å². The third-order valence-electron chi connectivity index (χ3n) is 5.93. The number of nitrogens with zero attached hydrogens (tertiary/aromatic N) is 4. The van der Waals surface area contributed by atoms with Gasteiger partial charge >= 0.3 is 0 Å². The molecule has 1 aliphatic rings. The molecule has 1 atom stereocenters. The molecule has 7 nitrogen and oxygen atoms in total. The highest BCUT2D eigenvalue weighted by Gasteiger charge is 2.22. The van der Waals surface area contributed by atoms with E-state index in [0.29, 0.717) is 6.04 Å². The molecule has 0 radical (unpaired) electrons. The van der Waals surface area contributed by atoms with Crippen molar-refractivity contribution in [1.82, 2.24) is 29.6 Å². The van der Waals surface area contributed by atoms with E-state index in [1.54, 1.807) is 13.8 Å². The van der Waals surface area contributed by atoms with Gasteiger partial charge in [0.15, 0.2) is 5.65 Å². The number of aromatic amines is 1. The molecule has 5 rings (SSSR count). The van der Waals surface area contributed by atoms with E-state index in [1.807, 2.05) is 36.7 Å². The molecule has 3 N–H and O–H groups in total. The van der Waals surface area contributed by atoms with Crippen molar-refractivity contribution in [2.45, 2.75) is 39.0 Å². The van der Waals surface area contributed by atoms with Crippen LogP contribution in [0.5, 0.6) is 0 Å². The number of benzene rings is 1. The number of H-pyrrole nitrogens is 1. The lowest BCUT2D eigenvalue weighted by atomic mass is 9.97. The van der Waals surface area contributed by atoms with Crippen LogP contribution in [0.15, 0.2) is 42.7 Å². The predicted octanol–water partition coefficient (Wildman–Crippen LogP) is 2.90. The van der Waals surface area contributed by atoms with Gasteiger partial charge in [0.25, 0.3) is 0 Å². The number of imidazole rings is 1. The Kier molecular flexibility index (Phi) is 4.61. The first kappa shape index (κ1) is 19.2. The first-order valence-corrected chi connectivity index (χ1v) is 10.5. The minimum atomic E-state index is -0.863. The summed E-state index contributed by atoms with van der Waals surface area (Å²) in [6.45, 7) is 9.62. The lowest BCUT2D eigenvalue weighted by Crippen LogP contribution is -2.48. The Morgan fingerprint density at radius 3 is 2.70 bits per heavy atom. The van der Waals surface area contributed by atoms with E-state index in [4.69, 9.17) is 4.98 Å². The number of rotatable bonds is 4. The number of aliphatic hydroxyl groups is 1. The van der Waals surface area contributed by atoms with Gasteiger partial charge in [-0.3, -0.25) is 9.30 Å². The molecule has 1 saturated heterocycles. The summed E-state index contributed by atoms with van der Waals surface area (Å²) in [6.07, 6.45) is 3.82. The standard InChI is InChI=1S/C23H28N6O/c1-15-13-28(11-10-24-15)14-20-27-21(16-4-6-17(7-5-16)23(2,3)30)19-12-26-22-18(29(19)20)8-9-25-22/h4-9,12,15,24-25,30H,10-11,13-14H2,1-3H3. The van der Waals surface area contributed by atoms with Gasteiger partial charge < -0.3 is 15.4 Å². The van der Waals surface area contributed by atoms with E-state index >= 15 is 0 Å². The maximum Gasteiger partial charge on any atom is 0.154 e. The number of aromatic nitrogens is 4. The molecule has 0 amide bonds. The predicted molar refractivity (Wildman–Crippen MR) is 118 cm³/mol. The zero-order chi connectivity index (χ0) is 20.9. The summed E-state index contributed by atoms with van der Waals surface area (Å²) < 4.78 is 2.23. The maximum absolute atomic E-state index is 10.3. The second-order valence-corrected chi connectivity index (χ2v) is 8.79. The molecule has 0 saturated carbocycles. The van der Waals surface area contributed by atoms with Crippen molar-refractivity contribution in [3.63, 3.8) is 0 Å². The van der Waals surface area contributed by atoms with E-state index < -0.39 is 5.60 Å². The molecule has 156 valence electrons. The van der Waals surface area contributed by atoms with Gasteiger partial charge in [0.05, 0.1) is 35.1 Å². The van der Waals surface area contributed by atoms with Crippen LogP contribution in [0.4, 0.5) is 0 Å².